The third kappa shape index (κ3) is 2.65. The highest BCUT2D eigenvalue weighted by Gasteiger charge is 2.46. The fourth-order valence-corrected chi connectivity index (χ4v) is 1.92. The van der Waals surface area contributed by atoms with E-state index < -0.39 is 67.4 Å². The van der Waals surface area contributed by atoms with Gasteiger partial charge >= 0.3 is 35.3 Å². The molecule has 0 bridgehead atoms. The Labute approximate surface area is 128 Å². The van der Waals surface area contributed by atoms with Gasteiger partial charge in [0.2, 0.25) is 0 Å². The van der Waals surface area contributed by atoms with Crippen LogP contribution in [0.2, 0.25) is 0 Å². The Bertz CT molecular complexity index is 641. The van der Waals surface area contributed by atoms with Crippen LogP contribution < -0.4 is 0 Å². The number of carboxylic acid groups (broad SMARTS) is 4. The maximum absolute atomic E-state index is 11.2. The van der Waals surface area contributed by atoms with Crippen molar-refractivity contribution in [2.75, 3.05) is 0 Å². The Morgan fingerprint density at radius 1 is 0.583 bits per heavy atom. The van der Waals surface area contributed by atoms with E-state index in [0.29, 0.717) is 0 Å². The van der Waals surface area contributed by atoms with Crippen LogP contribution in [0.5, 0.6) is 0 Å². The van der Waals surface area contributed by atoms with E-state index in [4.69, 9.17) is 20.4 Å². The highest BCUT2D eigenvalue weighted by molar-refractivity contribution is 6.17. The number of nitro groups is 2. The minimum Gasteiger partial charge on any atom is -0.477 e. The fourth-order valence-electron chi connectivity index (χ4n) is 1.92. The van der Waals surface area contributed by atoms with Crippen molar-refractivity contribution < 1.29 is 49.5 Å². The number of aromatic carboxylic acids is 4. The zero-order chi connectivity index (χ0) is 18.9. The Balaban J connectivity index is 4.50. The lowest BCUT2D eigenvalue weighted by Gasteiger charge is -2.10. The first kappa shape index (κ1) is 18.0. The van der Waals surface area contributed by atoms with E-state index in [1.807, 2.05) is 0 Å². The molecule has 0 aliphatic heterocycles. The first-order valence-electron chi connectivity index (χ1n) is 5.39. The second kappa shape index (κ2) is 5.95. The largest absolute Gasteiger partial charge is 0.477 e. The molecule has 0 radical (unpaired) electrons. The summed E-state index contributed by atoms with van der Waals surface area (Å²) >= 11 is 0. The number of carbonyl (C=O) groups is 4. The normalized spacial score (nSPS) is 10.0. The molecule has 24 heavy (non-hydrogen) atoms. The molecular weight excluding hydrogens is 340 g/mol. The van der Waals surface area contributed by atoms with Crippen molar-refractivity contribution in [3.63, 3.8) is 0 Å². The van der Waals surface area contributed by atoms with Gasteiger partial charge in [0, 0.05) is 0 Å². The molecule has 1 aromatic rings. The minimum atomic E-state index is -2.36. The smallest absolute Gasteiger partial charge is 0.343 e. The molecule has 0 amide bonds. The van der Waals surface area contributed by atoms with E-state index in [2.05, 4.69) is 0 Å². The van der Waals surface area contributed by atoms with E-state index in [-0.39, 0.29) is 0 Å². The lowest BCUT2D eigenvalue weighted by molar-refractivity contribution is -0.390. The molecule has 0 aliphatic carbocycles. The first-order valence-corrected chi connectivity index (χ1v) is 5.39. The lowest BCUT2D eigenvalue weighted by Crippen LogP contribution is -2.22. The molecule has 0 saturated carbocycles. The average Bonchev–Trinajstić information content (AvgIpc) is 2.42. The Morgan fingerprint density at radius 3 is 0.833 bits per heavy atom. The van der Waals surface area contributed by atoms with Crippen molar-refractivity contribution >= 4 is 35.3 Å². The summed E-state index contributed by atoms with van der Waals surface area (Å²) in [6.45, 7) is 0. The van der Waals surface area contributed by atoms with Crippen LogP contribution in [0.4, 0.5) is 11.4 Å². The Hall–Kier alpha value is -4.10. The summed E-state index contributed by atoms with van der Waals surface area (Å²) in [5.74, 6) is -9.44. The Morgan fingerprint density at radius 2 is 0.750 bits per heavy atom. The summed E-state index contributed by atoms with van der Waals surface area (Å²) in [4.78, 5) is 63.3. The van der Waals surface area contributed by atoms with Crippen molar-refractivity contribution in [3.8, 4) is 0 Å². The molecule has 14 heteroatoms. The number of carboxylic acids is 4. The van der Waals surface area contributed by atoms with Crippen LogP contribution in [0.25, 0.3) is 0 Å². The third-order valence-corrected chi connectivity index (χ3v) is 2.67. The average molecular weight is 344 g/mol. The molecular formula is C10H4N2O12. The van der Waals surface area contributed by atoms with Gasteiger partial charge in [0.15, 0.2) is 22.3 Å². The topological polar surface area (TPSA) is 235 Å². The molecule has 1 rings (SSSR count). The highest BCUT2D eigenvalue weighted by Crippen LogP contribution is 2.38. The van der Waals surface area contributed by atoms with Crippen molar-refractivity contribution in [1.29, 1.82) is 0 Å². The minimum absolute atomic E-state index is 1.64. The maximum atomic E-state index is 11.2. The number of benzene rings is 1. The van der Waals surface area contributed by atoms with Crippen molar-refractivity contribution in [2.45, 2.75) is 0 Å². The first-order chi connectivity index (χ1) is 10.9. The number of nitrogens with zero attached hydrogens (tertiary/aromatic N) is 2. The Kier molecular flexibility index (Phi) is 4.45. The summed E-state index contributed by atoms with van der Waals surface area (Å²) in [6, 6.07) is 0. The van der Waals surface area contributed by atoms with E-state index in [1.54, 1.807) is 0 Å². The summed E-state index contributed by atoms with van der Waals surface area (Å²) in [5, 5.41) is 57.8. The van der Waals surface area contributed by atoms with Gasteiger partial charge in [-0.15, -0.1) is 0 Å². The monoisotopic (exact) mass is 344 g/mol. The van der Waals surface area contributed by atoms with Gasteiger partial charge in [-0.25, -0.2) is 19.2 Å². The lowest BCUT2D eigenvalue weighted by atomic mass is 9.92. The van der Waals surface area contributed by atoms with Crippen molar-refractivity contribution in [3.05, 3.63) is 42.5 Å². The van der Waals surface area contributed by atoms with E-state index in [1.165, 1.54) is 0 Å². The molecule has 4 N–H and O–H groups in total. The van der Waals surface area contributed by atoms with Crippen LogP contribution in [0.1, 0.15) is 41.4 Å². The second-order valence-corrected chi connectivity index (χ2v) is 3.93. The molecule has 126 valence electrons. The van der Waals surface area contributed by atoms with Gasteiger partial charge in [-0.2, -0.15) is 0 Å². The van der Waals surface area contributed by atoms with Crippen LogP contribution >= 0.6 is 0 Å². The standard InChI is InChI=1S/C10H4N2O12/c13-7(14)1-2(8(15)16)6(12(23)24)4(10(19)20)3(9(17)18)5(1)11(21)22/h(H,13,14)(H,15,16)(H,17,18)(H,19,20). The number of hydrogen-bond acceptors (Lipinski definition) is 8. The second-order valence-electron chi connectivity index (χ2n) is 3.93. The van der Waals surface area contributed by atoms with E-state index in [0.717, 1.165) is 0 Å². The molecule has 0 aliphatic rings. The van der Waals surface area contributed by atoms with Gasteiger partial charge in [0.25, 0.3) is 0 Å². The summed E-state index contributed by atoms with van der Waals surface area (Å²) < 4.78 is 0. The van der Waals surface area contributed by atoms with Gasteiger partial charge in [-0.1, -0.05) is 0 Å². The zero-order valence-corrected chi connectivity index (χ0v) is 10.9. The SMILES string of the molecule is O=C(O)c1c(C(=O)O)c([N+](=O)[O-])c(C(=O)O)c(C(=O)O)c1[N+](=O)[O-]. The molecule has 0 heterocycles. The van der Waals surface area contributed by atoms with Gasteiger partial charge in [-0.05, 0) is 0 Å². The number of rotatable bonds is 6. The molecule has 0 spiro atoms. The molecule has 14 nitrogen and oxygen atoms in total. The van der Waals surface area contributed by atoms with E-state index >= 15 is 0 Å². The predicted octanol–water partition coefficient (Wildman–Crippen LogP) is 0.296. The maximum Gasteiger partial charge on any atom is 0.343 e. The van der Waals surface area contributed by atoms with E-state index in [9.17, 15) is 39.4 Å². The number of hydrogen-bond donors (Lipinski definition) is 4. The van der Waals surface area contributed by atoms with Gasteiger partial charge in [-0.3, -0.25) is 20.2 Å². The fraction of sp³-hybridized carbons (Fsp3) is 0. The molecule has 0 saturated heterocycles. The van der Waals surface area contributed by atoms with Gasteiger partial charge in [0.1, 0.15) is 0 Å². The number of nitro benzene ring substituents is 2. The van der Waals surface area contributed by atoms with Crippen LogP contribution in [0.3, 0.4) is 0 Å². The summed E-state index contributed by atoms with van der Waals surface area (Å²) in [6.07, 6.45) is 0. The molecule has 1 aromatic carbocycles. The summed E-state index contributed by atoms with van der Waals surface area (Å²) in [5.41, 5.74) is -11.1. The van der Waals surface area contributed by atoms with Crippen LogP contribution in [0, 0.1) is 20.2 Å². The predicted molar refractivity (Wildman–Crippen MR) is 67.6 cm³/mol. The molecule has 0 unspecified atom stereocenters. The van der Waals surface area contributed by atoms with Crippen molar-refractivity contribution in [1.82, 2.24) is 0 Å². The molecule has 0 aromatic heterocycles. The van der Waals surface area contributed by atoms with Crippen LogP contribution in [0.15, 0.2) is 0 Å². The molecule has 0 atom stereocenters. The third-order valence-electron chi connectivity index (χ3n) is 2.67. The van der Waals surface area contributed by atoms with Crippen LogP contribution in [-0.2, 0) is 0 Å². The van der Waals surface area contributed by atoms with Crippen LogP contribution in [-0.4, -0.2) is 54.1 Å². The zero-order valence-electron chi connectivity index (χ0n) is 10.9. The highest BCUT2D eigenvalue weighted by atomic mass is 16.6. The van der Waals surface area contributed by atoms with Gasteiger partial charge in [0.05, 0.1) is 9.85 Å². The van der Waals surface area contributed by atoms with Gasteiger partial charge < -0.3 is 20.4 Å². The summed E-state index contributed by atoms with van der Waals surface area (Å²) in [7, 11) is 0. The van der Waals surface area contributed by atoms with Crippen molar-refractivity contribution in [2.24, 2.45) is 0 Å². The quantitative estimate of drug-likeness (QED) is 0.402. The molecule has 0 fully saturated rings.